The third kappa shape index (κ3) is 3.12. The molecule has 3 heterocycles. The number of halogens is 4. The molecule has 0 N–H and O–H groups in total. The molecule has 0 saturated carbocycles. The van der Waals surface area contributed by atoms with Gasteiger partial charge in [-0.15, -0.1) is 17.6 Å². The number of nitrogens with zero attached hydrogens (tertiary/aromatic N) is 2. The number of rotatable bonds is 3. The van der Waals surface area contributed by atoms with Gasteiger partial charge in [0, 0.05) is 22.8 Å². The number of hydrogen-bond donors (Lipinski definition) is 0. The van der Waals surface area contributed by atoms with Crippen molar-refractivity contribution in [2.75, 3.05) is 0 Å². The zero-order valence-corrected chi connectivity index (χ0v) is 15.0. The van der Waals surface area contributed by atoms with Gasteiger partial charge in [0.25, 0.3) is 5.69 Å². The van der Waals surface area contributed by atoms with Gasteiger partial charge in [-0.2, -0.15) is 0 Å². The minimum atomic E-state index is -3.94. The smallest absolute Gasteiger partial charge is 0.395 e. The van der Waals surface area contributed by atoms with Crippen molar-refractivity contribution >= 4 is 5.69 Å². The van der Waals surface area contributed by atoms with Crippen LogP contribution in [0.5, 0.6) is 23.0 Å². The predicted molar refractivity (Wildman–Crippen MR) is 94.2 cm³/mol. The van der Waals surface area contributed by atoms with E-state index in [9.17, 15) is 27.7 Å². The highest BCUT2D eigenvalue weighted by atomic mass is 19.3. The number of fused-ring (bicyclic) bond motifs is 2. The average molecular weight is 436 g/mol. The van der Waals surface area contributed by atoms with E-state index >= 15 is 0 Å². The van der Waals surface area contributed by atoms with Gasteiger partial charge in [0.15, 0.2) is 23.0 Å². The molecule has 0 fully saturated rings. The van der Waals surface area contributed by atoms with E-state index in [1.807, 2.05) is 0 Å². The number of pyridine rings is 1. The molecule has 2 aromatic carbocycles. The molecular formula is C19H8F4N2O6. The number of hydrogen-bond acceptors (Lipinski definition) is 7. The van der Waals surface area contributed by atoms with Gasteiger partial charge in [-0.05, 0) is 18.2 Å². The fourth-order valence-corrected chi connectivity index (χ4v) is 3.31. The van der Waals surface area contributed by atoms with Crippen molar-refractivity contribution < 1.29 is 41.4 Å². The Bertz CT molecular complexity index is 1250. The van der Waals surface area contributed by atoms with Crippen molar-refractivity contribution in [3.05, 3.63) is 58.8 Å². The average Bonchev–Trinajstić information content (AvgIpc) is 3.19. The van der Waals surface area contributed by atoms with E-state index in [4.69, 9.17) is 0 Å². The van der Waals surface area contributed by atoms with Crippen LogP contribution in [0.4, 0.5) is 23.2 Å². The van der Waals surface area contributed by atoms with Gasteiger partial charge in [0.2, 0.25) is 0 Å². The Balaban J connectivity index is 1.75. The Morgan fingerprint density at radius 1 is 0.806 bits per heavy atom. The first-order valence-corrected chi connectivity index (χ1v) is 8.56. The quantitative estimate of drug-likeness (QED) is 0.325. The molecule has 0 amide bonds. The van der Waals surface area contributed by atoms with Gasteiger partial charge in [0.05, 0.1) is 10.6 Å². The Morgan fingerprint density at radius 2 is 1.35 bits per heavy atom. The maximum atomic E-state index is 13.6. The van der Waals surface area contributed by atoms with Gasteiger partial charge < -0.3 is 18.9 Å². The van der Waals surface area contributed by atoms with Crippen LogP contribution in [0, 0.1) is 10.1 Å². The van der Waals surface area contributed by atoms with Gasteiger partial charge >= 0.3 is 12.6 Å². The Kier molecular flexibility index (Phi) is 3.78. The molecule has 5 rings (SSSR count). The molecule has 0 atom stereocenters. The van der Waals surface area contributed by atoms with E-state index in [1.54, 1.807) is 0 Å². The number of nitro groups is 1. The van der Waals surface area contributed by atoms with Gasteiger partial charge in [-0.1, -0.05) is 18.2 Å². The largest absolute Gasteiger partial charge is 0.586 e. The van der Waals surface area contributed by atoms with Crippen LogP contribution in [-0.2, 0) is 0 Å². The number of alkyl halides is 4. The van der Waals surface area contributed by atoms with Crippen LogP contribution in [0.2, 0.25) is 0 Å². The number of aromatic nitrogens is 1. The minimum absolute atomic E-state index is 0.00264. The maximum Gasteiger partial charge on any atom is 0.586 e. The summed E-state index contributed by atoms with van der Waals surface area (Å²) in [6.07, 6.45) is -6.96. The highest BCUT2D eigenvalue weighted by Gasteiger charge is 2.46. The van der Waals surface area contributed by atoms with E-state index in [2.05, 4.69) is 23.9 Å². The standard InChI is InChI=1S/C19H8F4N2O6/c20-18(21)28-13-5-1-3-10(16(13)30-18)12-7-9(25(26)27)8-24-15(12)11-4-2-6-14-17(11)31-19(22,23)29-14/h1-8H. The summed E-state index contributed by atoms with van der Waals surface area (Å²) in [6, 6.07) is 8.99. The SMILES string of the molecule is O=[N+]([O-])c1cnc(-c2cccc3c2OC(F)(F)O3)c(-c2cccc3c2OC(F)(F)O3)c1. The van der Waals surface area contributed by atoms with Gasteiger partial charge in [0.1, 0.15) is 6.20 Å². The molecule has 1 aromatic heterocycles. The lowest BCUT2D eigenvalue weighted by Gasteiger charge is -2.13. The first kappa shape index (κ1) is 18.9. The molecule has 2 aliphatic rings. The van der Waals surface area contributed by atoms with Crippen LogP contribution in [0.25, 0.3) is 22.4 Å². The van der Waals surface area contributed by atoms with Gasteiger partial charge in [-0.3, -0.25) is 10.1 Å². The summed E-state index contributed by atoms with van der Waals surface area (Å²) in [5.41, 5.74) is -0.584. The predicted octanol–water partition coefficient (Wildman–Crippen LogP) is 4.97. The molecule has 31 heavy (non-hydrogen) atoms. The van der Waals surface area contributed by atoms with E-state index < -0.39 is 23.2 Å². The van der Waals surface area contributed by atoms with Crippen LogP contribution in [0.15, 0.2) is 48.7 Å². The van der Waals surface area contributed by atoms with E-state index in [1.165, 1.54) is 36.4 Å². The normalized spacial score (nSPS) is 16.9. The number of benzene rings is 2. The summed E-state index contributed by atoms with van der Waals surface area (Å²) in [4.78, 5) is 14.6. The third-order valence-electron chi connectivity index (χ3n) is 4.49. The maximum absolute atomic E-state index is 13.6. The van der Waals surface area contributed by atoms with E-state index in [0.29, 0.717) is 0 Å². The number of ether oxygens (including phenoxy) is 4. The molecule has 0 saturated heterocycles. The first-order valence-electron chi connectivity index (χ1n) is 8.56. The fraction of sp³-hybridized carbons (Fsp3) is 0.105. The van der Waals surface area contributed by atoms with Crippen molar-refractivity contribution in [3.8, 4) is 45.4 Å². The van der Waals surface area contributed by atoms with Crippen molar-refractivity contribution in [2.24, 2.45) is 0 Å². The second-order valence-electron chi connectivity index (χ2n) is 6.45. The van der Waals surface area contributed by atoms with Crippen LogP contribution in [-0.4, -0.2) is 22.5 Å². The molecule has 0 aliphatic carbocycles. The summed E-state index contributed by atoms with van der Waals surface area (Å²) in [5, 5.41) is 11.3. The van der Waals surface area contributed by atoms with Crippen LogP contribution < -0.4 is 18.9 Å². The Hall–Kier alpha value is -4.09. The molecule has 2 aliphatic heterocycles. The van der Waals surface area contributed by atoms with Crippen LogP contribution in [0.1, 0.15) is 0 Å². The summed E-state index contributed by atoms with van der Waals surface area (Å²) in [6.45, 7) is 0. The highest BCUT2D eigenvalue weighted by molar-refractivity contribution is 5.89. The molecule has 3 aromatic rings. The molecule has 0 bridgehead atoms. The summed E-state index contributed by atoms with van der Waals surface area (Å²) < 4.78 is 72.5. The third-order valence-corrected chi connectivity index (χ3v) is 4.49. The second-order valence-corrected chi connectivity index (χ2v) is 6.45. The molecular weight excluding hydrogens is 428 g/mol. The zero-order chi connectivity index (χ0) is 22.0. The summed E-state index contributed by atoms with van der Waals surface area (Å²) in [7, 11) is 0. The molecule has 8 nitrogen and oxygen atoms in total. The second kappa shape index (κ2) is 6.20. The minimum Gasteiger partial charge on any atom is -0.395 e. The van der Waals surface area contributed by atoms with E-state index in [-0.39, 0.29) is 45.4 Å². The van der Waals surface area contributed by atoms with Crippen molar-refractivity contribution in [2.45, 2.75) is 12.6 Å². The molecule has 158 valence electrons. The monoisotopic (exact) mass is 436 g/mol. The van der Waals surface area contributed by atoms with E-state index in [0.717, 1.165) is 12.3 Å². The fourth-order valence-electron chi connectivity index (χ4n) is 3.31. The highest BCUT2D eigenvalue weighted by Crippen LogP contribution is 2.52. The molecule has 0 unspecified atom stereocenters. The zero-order valence-electron chi connectivity index (χ0n) is 15.0. The lowest BCUT2D eigenvalue weighted by molar-refractivity contribution is -0.385. The van der Waals surface area contributed by atoms with Crippen molar-refractivity contribution in [1.29, 1.82) is 0 Å². The molecule has 0 radical (unpaired) electrons. The lowest BCUT2D eigenvalue weighted by atomic mass is 9.97. The van der Waals surface area contributed by atoms with Gasteiger partial charge in [-0.25, -0.2) is 4.98 Å². The summed E-state index contributed by atoms with van der Waals surface area (Å²) >= 11 is 0. The van der Waals surface area contributed by atoms with Crippen molar-refractivity contribution in [1.82, 2.24) is 4.98 Å². The molecule has 12 heteroatoms. The summed E-state index contributed by atoms with van der Waals surface area (Å²) in [5.74, 6) is -1.32. The topological polar surface area (TPSA) is 93.0 Å². The first-order chi connectivity index (χ1) is 14.6. The Labute approximate surface area is 169 Å². The van der Waals surface area contributed by atoms with Crippen LogP contribution >= 0.6 is 0 Å². The number of para-hydroxylation sites is 2. The van der Waals surface area contributed by atoms with Crippen molar-refractivity contribution in [3.63, 3.8) is 0 Å². The lowest BCUT2D eigenvalue weighted by Crippen LogP contribution is -2.26. The van der Waals surface area contributed by atoms with Crippen LogP contribution in [0.3, 0.4) is 0 Å². The Morgan fingerprint density at radius 3 is 1.94 bits per heavy atom. The molecule has 0 spiro atoms.